The fourth-order valence-corrected chi connectivity index (χ4v) is 4.39. The third-order valence-corrected chi connectivity index (χ3v) is 6.21. The first-order chi connectivity index (χ1) is 15.6. The highest BCUT2D eigenvalue weighted by Gasteiger charge is 2.46. The Hall–Kier alpha value is -2.94. The molecule has 4 rings (SSSR count). The fraction of sp³-hybridized carbons (Fsp3) is 0.417. The molecule has 2 saturated heterocycles. The average Bonchev–Trinajstić information content (AvgIpc) is 3.07. The number of aliphatic carboxylic acids is 1. The van der Waals surface area contributed by atoms with E-state index in [1.807, 2.05) is 30.3 Å². The summed E-state index contributed by atoms with van der Waals surface area (Å²) < 4.78 is 44.8. The second kappa shape index (κ2) is 10.3. The van der Waals surface area contributed by atoms with Crippen LogP contribution in [0.3, 0.4) is 0 Å². The zero-order valence-corrected chi connectivity index (χ0v) is 18.0. The Bertz CT molecular complexity index is 940. The number of hydrogen-bond acceptors (Lipinski definition) is 3. The molecule has 2 fully saturated rings. The molecular formula is C24H26F4N2O3. The summed E-state index contributed by atoms with van der Waals surface area (Å²) in [6.07, 6.45) is -1.40. The van der Waals surface area contributed by atoms with Crippen molar-refractivity contribution in [2.45, 2.75) is 50.5 Å². The Morgan fingerprint density at radius 3 is 2.00 bits per heavy atom. The molecule has 0 atom stereocenters. The van der Waals surface area contributed by atoms with Gasteiger partial charge in [0.1, 0.15) is 5.82 Å². The predicted octanol–water partition coefficient (Wildman–Crippen LogP) is 4.62. The highest BCUT2D eigenvalue weighted by molar-refractivity contribution is 5.79. The first kappa shape index (κ1) is 24.7. The largest absolute Gasteiger partial charge is 0.490 e. The van der Waals surface area contributed by atoms with Crippen LogP contribution in [0.25, 0.3) is 0 Å². The molecule has 0 aromatic heterocycles. The van der Waals surface area contributed by atoms with Gasteiger partial charge in [-0.15, -0.1) is 0 Å². The molecule has 0 aliphatic carbocycles. The molecule has 1 spiro atoms. The summed E-state index contributed by atoms with van der Waals surface area (Å²) in [5.74, 6) is -2.65. The summed E-state index contributed by atoms with van der Waals surface area (Å²) in [6, 6.07) is 17.1. The average molecular weight is 466 g/mol. The number of amides is 1. The van der Waals surface area contributed by atoms with E-state index in [0.717, 1.165) is 51.0 Å². The van der Waals surface area contributed by atoms with Crippen LogP contribution in [-0.4, -0.2) is 51.6 Å². The van der Waals surface area contributed by atoms with Crippen molar-refractivity contribution < 1.29 is 32.3 Å². The van der Waals surface area contributed by atoms with Crippen molar-refractivity contribution in [2.75, 3.05) is 13.1 Å². The van der Waals surface area contributed by atoms with E-state index in [2.05, 4.69) is 21.9 Å². The van der Waals surface area contributed by atoms with Gasteiger partial charge in [-0.3, -0.25) is 9.69 Å². The maximum absolute atomic E-state index is 13.1. The predicted molar refractivity (Wildman–Crippen MR) is 114 cm³/mol. The number of benzene rings is 2. The maximum Gasteiger partial charge on any atom is 0.490 e. The van der Waals surface area contributed by atoms with Gasteiger partial charge in [0.05, 0.1) is 0 Å². The summed E-state index contributed by atoms with van der Waals surface area (Å²) >= 11 is 0. The summed E-state index contributed by atoms with van der Waals surface area (Å²) in [4.78, 5) is 26.0. The smallest absolute Gasteiger partial charge is 0.475 e. The van der Waals surface area contributed by atoms with Crippen LogP contribution in [0, 0.1) is 5.82 Å². The van der Waals surface area contributed by atoms with Crippen molar-refractivity contribution >= 4 is 11.9 Å². The molecule has 1 amide bonds. The van der Waals surface area contributed by atoms with E-state index in [4.69, 9.17) is 9.90 Å². The Kier molecular flexibility index (Phi) is 7.73. The van der Waals surface area contributed by atoms with E-state index in [9.17, 15) is 22.4 Å². The van der Waals surface area contributed by atoms with Crippen molar-refractivity contribution in [1.29, 1.82) is 0 Å². The Balaban J connectivity index is 0.000000383. The lowest BCUT2D eigenvalue weighted by Crippen LogP contribution is -2.52. The number of carbonyl (C=O) groups is 2. The van der Waals surface area contributed by atoms with E-state index < -0.39 is 12.1 Å². The molecule has 5 nitrogen and oxygen atoms in total. The molecule has 2 aromatic carbocycles. The van der Waals surface area contributed by atoms with E-state index in [1.165, 1.54) is 17.7 Å². The van der Waals surface area contributed by atoms with Crippen LogP contribution < -0.4 is 0 Å². The molecule has 1 N–H and O–H groups in total. The van der Waals surface area contributed by atoms with Gasteiger partial charge in [-0.2, -0.15) is 13.2 Å². The third kappa shape index (κ3) is 6.54. The summed E-state index contributed by atoms with van der Waals surface area (Å²) in [6.45, 7) is 3.53. The zero-order valence-electron chi connectivity index (χ0n) is 18.0. The van der Waals surface area contributed by atoms with Gasteiger partial charge >= 0.3 is 12.1 Å². The topological polar surface area (TPSA) is 60.9 Å². The van der Waals surface area contributed by atoms with Crippen LogP contribution in [0.2, 0.25) is 0 Å². The molecule has 2 aliphatic heterocycles. The molecular weight excluding hydrogens is 440 g/mol. The number of alkyl halides is 3. The number of carboxylic acids is 1. The maximum atomic E-state index is 13.1. The first-order valence-corrected chi connectivity index (χ1v) is 10.7. The Morgan fingerprint density at radius 2 is 1.45 bits per heavy atom. The van der Waals surface area contributed by atoms with Crippen molar-refractivity contribution in [3.63, 3.8) is 0 Å². The van der Waals surface area contributed by atoms with Gasteiger partial charge in [0.25, 0.3) is 0 Å². The second-order valence-corrected chi connectivity index (χ2v) is 8.40. The standard InChI is InChI=1S/C22H25FN2O.C2HF3O2/c23-20-8-6-19(7-9-20)16-24-14-12-22(13-15-24)11-10-21(26)25(22)17-18-4-2-1-3-5-18;3-2(4,5)1(6)7/h1-9H,10-17H2;(H,6,7). The molecule has 0 saturated carbocycles. The number of likely N-dealkylation sites (tertiary alicyclic amines) is 2. The Labute approximate surface area is 189 Å². The molecule has 178 valence electrons. The lowest BCUT2D eigenvalue weighted by molar-refractivity contribution is -0.192. The van der Waals surface area contributed by atoms with Gasteiger partial charge in [0, 0.05) is 38.1 Å². The van der Waals surface area contributed by atoms with Crippen LogP contribution in [0.15, 0.2) is 54.6 Å². The summed E-state index contributed by atoms with van der Waals surface area (Å²) in [5, 5.41) is 7.12. The number of piperidine rings is 1. The minimum Gasteiger partial charge on any atom is -0.475 e. The van der Waals surface area contributed by atoms with E-state index in [1.54, 1.807) is 0 Å². The molecule has 2 aromatic rings. The van der Waals surface area contributed by atoms with E-state index >= 15 is 0 Å². The third-order valence-electron chi connectivity index (χ3n) is 6.21. The van der Waals surface area contributed by atoms with Crippen LogP contribution >= 0.6 is 0 Å². The zero-order chi connectivity index (χ0) is 24.1. The molecule has 2 aliphatic rings. The quantitative estimate of drug-likeness (QED) is 0.669. The molecule has 9 heteroatoms. The van der Waals surface area contributed by atoms with Gasteiger partial charge in [-0.05, 0) is 42.5 Å². The lowest BCUT2D eigenvalue weighted by atomic mass is 9.84. The monoisotopic (exact) mass is 466 g/mol. The van der Waals surface area contributed by atoms with Crippen molar-refractivity contribution in [2.24, 2.45) is 0 Å². The van der Waals surface area contributed by atoms with Crippen molar-refractivity contribution in [3.05, 3.63) is 71.5 Å². The van der Waals surface area contributed by atoms with E-state index in [-0.39, 0.29) is 11.4 Å². The number of rotatable bonds is 4. The SMILES string of the molecule is O=C(O)C(F)(F)F.O=C1CCC2(CCN(Cc3ccc(F)cc3)CC2)N1Cc1ccccc1. The number of hydrogen-bond donors (Lipinski definition) is 1. The van der Waals surface area contributed by atoms with Crippen LogP contribution in [0.5, 0.6) is 0 Å². The van der Waals surface area contributed by atoms with Gasteiger partial charge < -0.3 is 10.0 Å². The van der Waals surface area contributed by atoms with Gasteiger partial charge in [-0.1, -0.05) is 42.5 Å². The first-order valence-electron chi connectivity index (χ1n) is 10.7. The van der Waals surface area contributed by atoms with Gasteiger partial charge in [-0.25, -0.2) is 9.18 Å². The van der Waals surface area contributed by atoms with E-state index in [0.29, 0.717) is 12.3 Å². The molecule has 0 radical (unpaired) electrons. The normalized spacial score (nSPS) is 18.2. The number of nitrogens with zero attached hydrogens (tertiary/aromatic N) is 2. The van der Waals surface area contributed by atoms with Gasteiger partial charge in [0.2, 0.25) is 5.91 Å². The minimum atomic E-state index is -5.08. The number of halogens is 4. The Morgan fingerprint density at radius 1 is 0.909 bits per heavy atom. The molecule has 2 heterocycles. The van der Waals surface area contributed by atoms with Gasteiger partial charge in [0.15, 0.2) is 0 Å². The second-order valence-electron chi connectivity index (χ2n) is 8.40. The fourth-order valence-electron chi connectivity index (χ4n) is 4.39. The number of carboxylic acid groups (broad SMARTS) is 1. The lowest BCUT2D eigenvalue weighted by Gasteiger charge is -2.45. The van der Waals surface area contributed by atoms with Crippen LogP contribution in [-0.2, 0) is 22.7 Å². The number of carbonyl (C=O) groups excluding carboxylic acids is 1. The highest BCUT2D eigenvalue weighted by atomic mass is 19.4. The van der Waals surface area contributed by atoms with Crippen molar-refractivity contribution in [3.8, 4) is 0 Å². The minimum absolute atomic E-state index is 0.0201. The summed E-state index contributed by atoms with van der Waals surface area (Å²) in [7, 11) is 0. The highest BCUT2D eigenvalue weighted by Crippen LogP contribution is 2.40. The molecule has 0 bridgehead atoms. The molecule has 33 heavy (non-hydrogen) atoms. The van der Waals surface area contributed by atoms with Crippen LogP contribution in [0.1, 0.15) is 36.8 Å². The van der Waals surface area contributed by atoms with Crippen molar-refractivity contribution in [1.82, 2.24) is 9.80 Å². The van der Waals surface area contributed by atoms with Crippen LogP contribution in [0.4, 0.5) is 17.6 Å². The summed E-state index contributed by atoms with van der Waals surface area (Å²) in [5.41, 5.74) is 2.37. The molecule has 0 unspecified atom stereocenters.